The van der Waals surface area contributed by atoms with Crippen LogP contribution in [0.15, 0.2) is 0 Å². The van der Waals surface area contributed by atoms with Gasteiger partial charge in [-0.15, -0.1) is 0 Å². The topological polar surface area (TPSA) is 33.7 Å². The van der Waals surface area contributed by atoms with Gasteiger partial charge in [-0.1, -0.05) is 0 Å². The van der Waals surface area contributed by atoms with E-state index < -0.39 is 0 Å². The Labute approximate surface area is 91.9 Å². The van der Waals surface area contributed by atoms with Gasteiger partial charge in [-0.2, -0.15) is 0 Å². The van der Waals surface area contributed by atoms with Gasteiger partial charge in [0, 0.05) is 19.1 Å². The molecule has 2 rings (SSSR count). The summed E-state index contributed by atoms with van der Waals surface area (Å²) < 4.78 is 10.8. The zero-order chi connectivity index (χ0) is 10.5. The number of nitrogens with one attached hydrogen (secondary N) is 1. The number of ether oxygens (including phenoxy) is 2. The van der Waals surface area contributed by atoms with Gasteiger partial charge < -0.3 is 14.8 Å². The van der Waals surface area contributed by atoms with E-state index >= 15 is 0 Å². The summed E-state index contributed by atoms with van der Waals surface area (Å²) in [5, 5.41) is 3.27. The van der Waals surface area contributed by atoms with Crippen LogP contribution >= 0.6 is 0 Å². The monoisotopic (exact) mass is 214 g/mol. The Morgan fingerprint density at radius 3 is 3.07 bits per heavy atom. The molecule has 2 heterocycles. The Kier molecular flexibility index (Phi) is 4.38. The predicted molar refractivity (Wildman–Crippen MR) is 58.8 cm³/mol. The Hall–Kier alpha value is -0.160. The third-order valence-electron chi connectivity index (χ3n) is 3.35. The predicted octanol–water partition coefficient (Wildman–Crippen LogP) is 0.433. The van der Waals surface area contributed by atoms with E-state index in [1.54, 1.807) is 0 Å². The van der Waals surface area contributed by atoms with E-state index in [0.29, 0.717) is 18.9 Å². The van der Waals surface area contributed by atoms with Gasteiger partial charge in [0.05, 0.1) is 12.7 Å². The van der Waals surface area contributed by atoms with Gasteiger partial charge in [-0.05, 0) is 32.9 Å². The first-order valence-electron chi connectivity index (χ1n) is 5.98. The van der Waals surface area contributed by atoms with Gasteiger partial charge in [0.25, 0.3) is 0 Å². The van der Waals surface area contributed by atoms with Crippen LogP contribution in [0, 0.1) is 0 Å². The van der Waals surface area contributed by atoms with Crippen molar-refractivity contribution >= 4 is 0 Å². The van der Waals surface area contributed by atoms with E-state index in [1.165, 1.54) is 19.4 Å². The highest BCUT2D eigenvalue weighted by Gasteiger charge is 2.27. The SMILES string of the molecule is CNCC1CCCN1CC1CCOCO1. The molecule has 0 spiro atoms. The minimum Gasteiger partial charge on any atom is -0.355 e. The quantitative estimate of drug-likeness (QED) is 0.736. The molecule has 1 N–H and O–H groups in total. The van der Waals surface area contributed by atoms with Gasteiger partial charge >= 0.3 is 0 Å². The van der Waals surface area contributed by atoms with Crippen molar-refractivity contribution in [2.75, 3.05) is 40.1 Å². The van der Waals surface area contributed by atoms with Crippen molar-refractivity contribution in [1.29, 1.82) is 0 Å². The van der Waals surface area contributed by atoms with E-state index in [9.17, 15) is 0 Å². The first-order chi connectivity index (χ1) is 7.40. The van der Waals surface area contributed by atoms with Crippen LogP contribution in [0.4, 0.5) is 0 Å². The molecule has 4 heteroatoms. The maximum absolute atomic E-state index is 5.58. The second kappa shape index (κ2) is 5.80. The van der Waals surface area contributed by atoms with Gasteiger partial charge in [0.1, 0.15) is 6.79 Å². The second-order valence-corrected chi connectivity index (χ2v) is 4.45. The highest BCUT2D eigenvalue weighted by Crippen LogP contribution is 2.19. The first-order valence-corrected chi connectivity index (χ1v) is 5.98. The van der Waals surface area contributed by atoms with Crippen LogP contribution < -0.4 is 5.32 Å². The minimum atomic E-state index is 0.385. The standard InChI is InChI=1S/C11H22N2O2/c1-12-7-10-3-2-5-13(10)8-11-4-6-14-9-15-11/h10-12H,2-9H2,1H3. The zero-order valence-corrected chi connectivity index (χ0v) is 9.58. The fourth-order valence-electron chi connectivity index (χ4n) is 2.51. The maximum atomic E-state index is 5.58. The number of hydrogen-bond acceptors (Lipinski definition) is 4. The van der Waals surface area contributed by atoms with Crippen LogP contribution in [0.25, 0.3) is 0 Å². The summed E-state index contributed by atoms with van der Waals surface area (Å²) in [5.41, 5.74) is 0. The summed E-state index contributed by atoms with van der Waals surface area (Å²) in [6, 6.07) is 0.710. The van der Waals surface area contributed by atoms with Crippen molar-refractivity contribution in [1.82, 2.24) is 10.2 Å². The van der Waals surface area contributed by atoms with E-state index in [0.717, 1.165) is 26.1 Å². The lowest BCUT2D eigenvalue weighted by molar-refractivity contribution is -0.145. The molecule has 0 radical (unpaired) electrons. The van der Waals surface area contributed by atoms with Crippen LogP contribution in [0.3, 0.4) is 0 Å². The lowest BCUT2D eigenvalue weighted by Crippen LogP contribution is -2.43. The summed E-state index contributed by atoms with van der Waals surface area (Å²) in [4.78, 5) is 2.56. The molecule has 0 aromatic carbocycles. The normalized spacial score (nSPS) is 33.4. The van der Waals surface area contributed by atoms with Crippen molar-refractivity contribution in [3.05, 3.63) is 0 Å². The average Bonchev–Trinajstić information content (AvgIpc) is 2.68. The van der Waals surface area contributed by atoms with Crippen LogP contribution in [0.1, 0.15) is 19.3 Å². The van der Waals surface area contributed by atoms with Crippen molar-refractivity contribution in [2.24, 2.45) is 0 Å². The maximum Gasteiger partial charge on any atom is 0.147 e. The van der Waals surface area contributed by atoms with Crippen LogP contribution in [0.5, 0.6) is 0 Å². The van der Waals surface area contributed by atoms with E-state index in [-0.39, 0.29) is 0 Å². The summed E-state index contributed by atoms with van der Waals surface area (Å²) >= 11 is 0. The molecular weight excluding hydrogens is 192 g/mol. The minimum absolute atomic E-state index is 0.385. The number of likely N-dealkylation sites (tertiary alicyclic amines) is 1. The van der Waals surface area contributed by atoms with Crippen LogP contribution in [-0.2, 0) is 9.47 Å². The lowest BCUT2D eigenvalue weighted by Gasteiger charge is -2.30. The number of hydrogen-bond donors (Lipinski definition) is 1. The molecule has 2 saturated heterocycles. The highest BCUT2D eigenvalue weighted by atomic mass is 16.7. The molecule has 4 nitrogen and oxygen atoms in total. The van der Waals surface area contributed by atoms with Crippen molar-refractivity contribution < 1.29 is 9.47 Å². The second-order valence-electron chi connectivity index (χ2n) is 4.45. The molecule has 88 valence electrons. The molecule has 15 heavy (non-hydrogen) atoms. The fraction of sp³-hybridized carbons (Fsp3) is 1.00. The number of likely N-dealkylation sites (N-methyl/N-ethyl adjacent to an activating group) is 1. The Morgan fingerprint density at radius 1 is 1.40 bits per heavy atom. The average molecular weight is 214 g/mol. The van der Waals surface area contributed by atoms with E-state index in [4.69, 9.17) is 9.47 Å². The Morgan fingerprint density at radius 2 is 2.33 bits per heavy atom. The van der Waals surface area contributed by atoms with Gasteiger partial charge in [-0.3, -0.25) is 4.90 Å². The van der Waals surface area contributed by atoms with Gasteiger partial charge in [-0.25, -0.2) is 0 Å². The molecule has 0 aromatic rings. The third kappa shape index (κ3) is 3.14. The zero-order valence-electron chi connectivity index (χ0n) is 9.58. The van der Waals surface area contributed by atoms with Gasteiger partial charge in [0.2, 0.25) is 0 Å². The number of rotatable bonds is 4. The van der Waals surface area contributed by atoms with Crippen molar-refractivity contribution in [2.45, 2.75) is 31.4 Å². The summed E-state index contributed by atoms with van der Waals surface area (Å²) in [7, 11) is 2.03. The van der Waals surface area contributed by atoms with Crippen LogP contribution in [0.2, 0.25) is 0 Å². The molecular formula is C11H22N2O2. The van der Waals surface area contributed by atoms with E-state index in [1.807, 2.05) is 7.05 Å². The van der Waals surface area contributed by atoms with Crippen molar-refractivity contribution in [3.63, 3.8) is 0 Å². The fourth-order valence-corrected chi connectivity index (χ4v) is 2.51. The Balaban J connectivity index is 1.76. The largest absolute Gasteiger partial charge is 0.355 e. The summed E-state index contributed by atoms with van der Waals surface area (Å²) in [6.07, 6.45) is 4.08. The molecule has 2 fully saturated rings. The molecule has 2 aliphatic heterocycles. The highest BCUT2D eigenvalue weighted by molar-refractivity contribution is 4.82. The Bertz CT molecular complexity index is 183. The number of nitrogens with zero attached hydrogens (tertiary/aromatic N) is 1. The van der Waals surface area contributed by atoms with Crippen molar-refractivity contribution in [3.8, 4) is 0 Å². The molecule has 0 aromatic heterocycles. The van der Waals surface area contributed by atoms with Gasteiger partial charge in [0.15, 0.2) is 0 Å². The molecule has 2 atom stereocenters. The molecule has 0 amide bonds. The third-order valence-corrected chi connectivity index (χ3v) is 3.35. The molecule has 2 aliphatic rings. The first kappa shape index (κ1) is 11.3. The molecule has 0 aliphatic carbocycles. The lowest BCUT2D eigenvalue weighted by atomic mass is 10.2. The smallest absolute Gasteiger partial charge is 0.147 e. The van der Waals surface area contributed by atoms with E-state index in [2.05, 4.69) is 10.2 Å². The molecule has 0 saturated carbocycles. The molecule has 0 bridgehead atoms. The molecule has 2 unspecified atom stereocenters. The summed E-state index contributed by atoms with van der Waals surface area (Å²) in [5.74, 6) is 0. The summed E-state index contributed by atoms with van der Waals surface area (Å²) in [6.45, 7) is 4.75. The van der Waals surface area contributed by atoms with Crippen LogP contribution in [-0.4, -0.2) is 57.1 Å².